The van der Waals surface area contributed by atoms with E-state index in [1.54, 1.807) is 7.11 Å². The fourth-order valence-electron chi connectivity index (χ4n) is 2.27. The maximum absolute atomic E-state index is 5.48. The van der Waals surface area contributed by atoms with E-state index in [1.165, 1.54) is 16.3 Å². The lowest BCUT2D eigenvalue weighted by molar-refractivity contribution is 0.0839. The quantitative estimate of drug-likeness (QED) is 0.878. The van der Waals surface area contributed by atoms with Crippen molar-refractivity contribution in [3.8, 4) is 0 Å². The third-order valence-electron chi connectivity index (χ3n) is 3.30. The second-order valence-electron chi connectivity index (χ2n) is 4.43. The van der Waals surface area contributed by atoms with Gasteiger partial charge in [-0.3, -0.25) is 4.98 Å². The maximum atomic E-state index is 5.48. The summed E-state index contributed by atoms with van der Waals surface area (Å²) in [5, 5.41) is 5.88. The molecule has 0 fully saturated rings. The molecule has 0 aliphatic carbocycles. The van der Waals surface area contributed by atoms with Gasteiger partial charge in [0.25, 0.3) is 0 Å². The van der Waals surface area contributed by atoms with E-state index < -0.39 is 0 Å². The zero-order valence-electron chi connectivity index (χ0n) is 11.2. The average molecular weight is 244 g/mol. The van der Waals surface area contributed by atoms with Gasteiger partial charge in [0.15, 0.2) is 0 Å². The first kappa shape index (κ1) is 13.0. The number of rotatable bonds is 5. The van der Waals surface area contributed by atoms with Crippen LogP contribution < -0.4 is 5.32 Å². The molecule has 2 rings (SSSR count). The van der Waals surface area contributed by atoms with E-state index in [9.17, 15) is 0 Å². The Morgan fingerprint density at radius 2 is 2.06 bits per heavy atom. The molecule has 0 bridgehead atoms. The molecule has 3 nitrogen and oxygen atoms in total. The number of nitrogens with zero attached hydrogens (tertiary/aromatic N) is 1. The molecule has 0 saturated heterocycles. The number of aromatic nitrogens is 1. The number of likely N-dealkylation sites (N-methyl/N-ethyl adjacent to an activating group) is 1. The maximum Gasteiger partial charge on any atom is 0.0738 e. The minimum absolute atomic E-state index is 0.109. The van der Waals surface area contributed by atoms with Gasteiger partial charge < -0.3 is 10.1 Å². The first-order chi connectivity index (χ1) is 8.77. The van der Waals surface area contributed by atoms with Crippen LogP contribution in [0.25, 0.3) is 10.8 Å². The van der Waals surface area contributed by atoms with Crippen molar-refractivity contribution >= 4 is 10.8 Å². The summed E-state index contributed by atoms with van der Waals surface area (Å²) in [5.74, 6) is 0. The van der Waals surface area contributed by atoms with Crippen LogP contribution in [0.5, 0.6) is 0 Å². The van der Waals surface area contributed by atoms with Crippen molar-refractivity contribution in [1.82, 2.24) is 10.3 Å². The van der Waals surface area contributed by atoms with E-state index >= 15 is 0 Å². The predicted octanol–water partition coefficient (Wildman–Crippen LogP) is 2.92. The third kappa shape index (κ3) is 2.52. The summed E-state index contributed by atoms with van der Waals surface area (Å²) in [6, 6.07) is 8.49. The molecule has 1 aromatic heterocycles. The molecular formula is C15H20N2O. The molecule has 0 aliphatic rings. The Kier molecular flexibility index (Phi) is 4.28. The van der Waals surface area contributed by atoms with Gasteiger partial charge in [0.2, 0.25) is 0 Å². The van der Waals surface area contributed by atoms with Crippen molar-refractivity contribution in [3.05, 3.63) is 42.2 Å². The fraction of sp³-hybridized carbons (Fsp3) is 0.400. The van der Waals surface area contributed by atoms with E-state index in [-0.39, 0.29) is 12.1 Å². The van der Waals surface area contributed by atoms with Gasteiger partial charge in [-0.1, -0.05) is 31.2 Å². The van der Waals surface area contributed by atoms with Crippen LogP contribution in [-0.4, -0.2) is 24.7 Å². The molecule has 2 aromatic rings. The number of fused-ring (bicyclic) bond motifs is 1. The van der Waals surface area contributed by atoms with Gasteiger partial charge in [0.1, 0.15) is 0 Å². The Morgan fingerprint density at radius 1 is 1.28 bits per heavy atom. The van der Waals surface area contributed by atoms with Gasteiger partial charge in [0.05, 0.1) is 12.1 Å². The van der Waals surface area contributed by atoms with Crippen LogP contribution in [-0.2, 0) is 4.74 Å². The highest BCUT2D eigenvalue weighted by molar-refractivity contribution is 5.85. The highest BCUT2D eigenvalue weighted by atomic mass is 16.5. The normalized spacial score (nSPS) is 14.6. The third-order valence-corrected chi connectivity index (χ3v) is 3.30. The van der Waals surface area contributed by atoms with Gasteiger partial charge in [-0.15, -0.1) is 0 Å². The molecule has 1 aromatic carbocycles. The van der Waals surface area contributed by atoms with Crippen molar-refractivity contribution in [2.75, 3.05) is 13.7 Å². The molecule has 2 atom stereocenters. The van der Waals surface area contributed by atoms with Gasteiger partial charge in [-0.2, -0.15) is 0 Å². The Balaban J connectivity index is 2.49. The molecule has 18 heavy (non-hydrogen) atoms. The Bertz CT molecular complexity index is 507. The first-order valence-corrected chi connectivity index (χ1v) is 6.36. The van der Waals surface area contributed by atoms with Crippen molar-refractivity contribution < 1.29 is 4.74 Å². The van der Waals surface area contributed by atoms with Crippen LogP contribution in [0, 0.1) is 0 Å². The number of pyridine rings is 1. The van der Waals surface area contributed by atoms with Crippen LogP contribution in [0.15, 0.2) is 36.7 Å². The second kappa shape index (κ2) is 5.94. The molecular weight excluding hydrogens is 224 g/mol. The van der Waals surface area contributed by atoms with Gasteiger partial charge >= 0.3 is 0 Å². The lowest BCUT2D eigenvalue weighted by Gasteiger charge is -2.25. The zero-order valence-corrected chi connectivity index (χ0v) is 11.2. The number of methoxy groups -OCH3 is 1. The topological polar surface area (TPSA) is 34.2 Å². The Hall–Kier alpha value is -1.45. The highest BCUT2D eigenvalue weighted by Crippen LogP contribution is 2.26. The molecule has 0 aliphatic heterocycles. The summed E-state index contributed by atoms with van der Waals surface area (Å²) < 4.78 is 5.48. The van der Waals surface area contributed by atoms with E-state index in [0.29, 0.717) is 0 Å². The summed E-state index contributed by atoms with van der Waals surface area (Å²) in [6.07, 6.45) is 3.95. The highest BCUT2D eigenvalue weighted by Gasteiger charge is 2.20. The van der Waals surface area contributed by atoms with Crippen LogP contribution >= 0.6 is 0 Å². The van der Waals surface area contributed by atoms with E-state index in [4.69, 9.17) is 4.74 Å². The summed E-state index contributed by atoms with van der Waals surface area (Å²) in [4.78, 5) is 4.34. The number of benzene rings is 1. The SMILES string of the molecule is CCNC(c1cncc2ccccc12)C(C)OC. The van der Waals surface area contributed by atoms with Crippen molar-refractivity contribution in [2.24, 2.45) is 0 Å². The predicted molar refractivity (Wildman–Crippen MR) is 74.6 cm³/mol. The van der Waals surface area contributed by atoms with Crippen LogP contribution in [0.4, 0.5) is 0 Å². The smallest absolute Gasteiger partial charge is 0.0738 e. The molecule has 0 radical (unpaired) electrons. The van der Waals surface area contributed by atoms with Gasteiger partial charge in [0, 0.05) is 24.9 Å². The van der Waals surface area contributed by atoms with E-state index in [1.807, 2.05) is 18.5 Å². The molecule has 0 saturated carbocycles. The minimum atomic E-state index is 0.109. The summed E-state index contributed by atoms with van der Waals surface area (Å²) in [6.45, 7) is 5.09. The summed E-state index contributed by atoms with van der Waals surface area (Å²) >= 11 is 0. The largest absolute Gasteiger partial charge is 0.380 e. The summed E-state index contributed by atoms with van der Waals surface area (Å²) in [7, 11) is 1.74. The van der Waals surface area contributed by atoms with Crippen molar-refractivity contribution in [3.63, 3.8) is 0 Å². The summed E-state index contributed by atoms with van der Waals surface area (Å²) in [5.41, 5.74) is 1.20. The van der Waals surface area contributed by atoms with E-state index in [0.717, 1.165) is 6.54 Å². The lowest BCUT2D eigenvalue weighted by atomic mass is 9.98. The zero-order chi connectivity index (χ0) is 13.0. The van der Waals surface area contributed by atoms with Gasteiger partial charge in [-0.25, -0.2) is 0 Å². The Morgan fingerprint density at radius 3 is 2.78 bits per heavy atom. The standard InChI is InChI=1S/C15H20N2O/c1-4-17-15(11(2)18-3)14-10-16-9-12-7-5-6-8-13(12)14/h5-11,15,17H,4H2,1-3H3. The lowest BCUT2D eigenvalue weighted by Crippen LogP contribution is -2.31. The van der Waals surface area contributed by atoms with E-state index in [2.05, 4.69) is 42.3 Å². The number of ether oxygens (including phenoxy) is 1. The van der Waals surface area contributed by atoms with Crippen molar-refractivity contribution in [2.45, 2.75) is 26.0 Å². The van der Waals surface area contributed by atoms with Crippen LogP contribution in [0.2, 0.25) is 0 Å². The van der Waals surface area contributed by atoms with Crippen molar-refractivity contribution in [1.29, 1.82) is 0 Å². The fourth-order valence-corrected chi connectivity index (χ4v) is 2.27. The first-order valence-electron chi connectivity index (χ1n) is 6.36. The number of hydrogen-bond acceptors (Lipinski definition) is 3. The molecule has 0 amide bonds. The average Bonchev–Trinajstić information content (AvgIpc) is 2.43. The molecule has 3 heteroatoms. The van der Waals surface area contributed by atoms with Crippen LogP contribution in [0.1, 0.15) is 25.5 Å². The minimum Gasteiger partial charge on any atom is -0.380 e. The molecule has 2 unspecified atom stereocenters. The van der Waals surface area contributed by atoms with Crippen LogP contribution in [0.3, 0.4) is 0 Å². The number of nitrogens with one attached hydrogen (secondary N) is 1. The molecule has 1 heterocycles. The molecule has 1 N–H and O–H groups in total. The molecule has 0 spiro atoms. The second-order valence-corrected chi connectivity index (χ2v) is 4.43. The van der Waals surface area contributed by atoms with Gasteiger partial charge in [-0.05, 0) is 24.4 Å². The number of hydrogen-bond donors (Lipinski definition) is 1. The Labute approximate surface area is 108 Å². The molecule has 96 valence electrons. The monoisotopic (exact) mass is 244 g/mol.